The van der Waals surface area contributed by atoms with Crippen LogP contribution in [0.5, 0.6) is 5.75 Å². The molecule has 0 spiro atoms. The Morgan fingerprint density at radius 1 is 1.03 bits per heavy atom. The largest absolute Gasteiger partial charge is 0.494 e. The molecule has 2 aromatic carbocycles. The van der Waals surface area contributed by atoms with E-state index in [4.69, 9.17) is 25.8 Å². The number of anilines is 1. The van der Waals surface area contributed by atoms with Crippen LogP contribution in [0.15, 0.2) is 53.3 Å². The Kier molecular flexibility index (Phi) is 9.53. The number of carbonyl (C=O) groups is 1. The Bertz CT molecular complexity index is 1350. The summed E-state index contributed by atoms with van der Waals surface area (Å²) in [5.41, 5.74) is 1.68. The van der Waals surface area contributed by atoms with Crippen molar-refractivity contribution in [3.63, 3.8) is 0 Å². The van der Waals surface area contributed by atoms with E-state index in [1.165, 1.54) is 23.4 Å². The van der Waals surface area contributed by atoms with Gasteiger partial charge in [-0.05, 0) is 81.4 Å². The summed E-state index contributed by atoms with van der Waals surface area (Å²) < 4.78 is 18.0. The quantitative estimate of drug-likeness (QED) is 0.247. The maximum absolute atomic E-state index is 12.5. The van der Waals surface area contributed by atoms with Crippen molar-refractivity contribution < 1.29 is 19.0 Å². The maximum atomic E-state index is 12.5. The second kappa shape index (κ2) is 12.9. The molecule has 1 aliphatic heterocycles. The molecule has 3 aromatic rings. The summed E-state index contributed by atoms with van der Waals surface area (Å²) in [7, 11) is 1.44. The van der Waals surface area contributed by atoms with Gasteiger partial charge < -0.3 is 19.1 Å². The number of halogens is 1. The smallest absolute Gasteiger partial charge is 0.339 e. The number of methoxy groups -OCH3 is 1. The molecule has 1 saturated heterocycles. The van der Waals surface area contributed by atoms with Crippen molar-refractivity contribution >= 4 is 34.2 Å². The van der Waals surface area contributed by atoms with Gasteiger partial charge in [-0.25, -0.2) is 4.79 Å². The lowest BCUT2D eigenvalue weighted by molar-refractivity contribution is -0.168. The SMILES string of the molecule is COC(C)(C)C(=O)OCn1c(=O)ccc2ccc(OCCCCN3CCN(c4cccc(Cl)c4C)CC3)cc21. The minimum absolute atomic E-state index is 0.199. The predicted molar refractivity (Wildman–Crippen MR) is 155 cm³/mol. The molecule has 0 radical (unpaired) electrons. The molecule has 1 fully saturated rings. The number of hydrogen-bond donors (Lipinski definition) is 0. The zero-order valence-corrected chi connectivity index (χ0v) is 24.0. The Morgan fingerprint density at radius 2 is 1.77 bits per heavy atom. The highest BCUT2D eigenvalue weighted by Gasteiger charge is 2.29. The Labute approximate surface area is 235 Å². The zero-order valence-electron chi connectivity index (χ0n) is 23.2. The lowest BCUT2D eigenvalue weighted by Crippen LogP contribution is -2.46. The first-order valence-electron chi connectivity index (χ1n) is 13.4. The number of benzene rings is 2. The molecule has 2 heterocycles. The zero-order chi connectivity index (χ0) is 28.0. The van der Waals surface area contributed by atoms with Crippen molar-refractivity contribution in [1.82, 2.24) is 9.47 Å². The second-order valence-electron chi connectivity index (χ2n) is 10.4. The highest BCUT2D eigenvalue weighted by molar-refractivity contribution is 6.31. The number of carbonyl (C=O) groups excluding carboxylic acids is 1. The highest BCUT2D eigenvalue weighted by atomic mass is 35.5. The molecule has 0 atom stereocenters. The summed E-state index contributed by atoms with van der Waals surface area (Å²) in [5.74, 6) is 0.137. The minimum atomic E-state index is -1.09. The van der Waals surface area contributed by atoms with E-state index >= 15 is 0 Å². The van der Waals surface area contributed by atoms with E-state index in [1.807, 2.05) is 30.3 Å². The monoisotopic (exact) mass is 555 g/mol. The van der Waals surface area contributed by atoms with E-state index in [1.54, 1.807) is 19.9 Å². The minimum Gasteiger partial charge on any atom is -0.494 e. The third kappa shape index (κ3) is 7.12. The third-order valence-electron chi connectivity index (χ3n) is 7.38. The van der Waals surface area contributed by atoms with Crippen LogP contribution in [0.3, 0.4) is 0 Å². The Balaban J connectivity index is 1.25. The van der Waals surface area contributed by atoms with Crippen LogP contribution in [0.4, 0.5) is 5.69 Å². The maximum Gasteiger partial charge on any atom is 0.339 e. The third-order valence-corrected chi connectivity index (χ3v) is 7.79. The summed E-state index contributed by atoms with van der Waals surface area (Å²) in [6, 6.07) is 15.0. The topological polar surface area (TPSA) is 73.2 Å². The van der Waals surface area contributed by atoms with E-state index in [2.05, 4.69) is 22.8 Å². The fourth-order valence-corrected chi connectivity index (χ4v) is 4.82. The van der Waals surface area contributed by atoms with Gasteiger partial charge in [-0.1, -0.05) is 17.7 Å². The van der Waals surface area contributed by atoms with Crippen molar-refractivity contribution in [2.75, 3.05) is 51.3 Å². The fraction of sp³-hybridized carbons (Fsp3) is 0.467. The van der Waals surface area contributed by atoms with Crippen molar-refractivity contribution in [2.24, 2.45) is 0 Å². The van der Waals surface area contributed by atoms with E-state index < -0.39 is 11.6 Å². The molecule has 4 rings (SSSR count). The summed E-state index contributed by atoms with van der Waals surface area (Å²) in [6.07, 6.45) is 1.97. The number of esters is 1. The van der Waals surface area contributed by atoms with Gasteiger partial charge in [0.2, 0.25) is 0 Å². The van der Waals surface area contributed by atoms with Gasteiger partial charge in [0.1, 0.15) is 5.75 Å². The first kappa shape index (κ1) is 28.9. The molecule has 0 bridgehead atoms. The molecular formula is C30H38ClN3O5. The van der Waals surface area contributed by atoms with Crippen LogP contribution in [0.1, 0.15) is 32.3 Å². The van der Waals surface area contributed by atoms with Crippen LogP contribution >= 0.6 is 11.6 Å². The number of fused-ring (bicyclic) bond motifs is 1. The summed E-state index contributed by atoms with van der Waals surface area (Å²) in [4.78, 5) is 29.8. The van der Waals surface area contributed by atoms with Crippen LogP contribution in [0, 0.1) is 6.92 Å². The highest BCUT2D eigenvalue weighted by Crippen LogP contribution is 2.27. The van der Waals surface area contributed by atoms with Crippen molar-refractivity contribution in [1.29, 1.82) is 0 Å². The van der Waals surface area contributed by atoms with E-state index in [0.717, 1.165) is 61.5 Å². The molecule has 0 amide bonds. The summed E-state index contributed by atoms with van der Waals surface area (Å²) in [5, 5.41) is 1.68. The molecule has 0 unspecified atom stereocenters. The molecule has 0 saturated carbocycles. The number of nitrogens with zero attached hydrogens (tertiary/aromatic N) is 3. The average molecular weight is 556 g/mol. The van der Waals surface area contributed by atoms with Gasteiger partial charge in [0.25, 0.3) is 5.56 Å². The molecule has 8 nitrogen and oxygen atoms in total. The molecule has 1 aliphatic rings. The number of ether oxygens (including phenoxy) is 3. The lowest BCUT2D eigenvalue weighted by Gasteiger charge is -2.37. The van der Waals surface area contributed by atoms with Crippen molar-refractivity contribution in [3.05, 3.63) is 69.5 Å². The number of hydrogen-bond acceptors (Lipinski definition) is 7. The fourth-order valence-electron chi connectivity index (χ4n) is 4.65. The van der Waals surface area contributed by atoms with E-state index in [-0.39, 0.29) is 12.3 Å². The normalized spacial score (nSPS) is 14.5. The molecule has 0 aliphatic carbocycles. The number of aromatic nitrogens is 1. The molecule has 1 aromatic heterocycles. The molecule has 210 valence electrons. The van der Waals surface area contributed by atoms with E-state index in [9.17, 15) is 9.59 Å². The van der Waals surface area contributed by atoms with Crippen molar-refractivity contribution in [2.45, 2.75) is 45.9 Å². The van der Waals surface area contributed by atoms with E-state index in [0.29, 0.717) is 17.9 Å². The molecule has 0 N–H and O–H groups in total. The van der Waals surface area contributed by atoms with Crippen LogP contribution in [0.2, 0.25) is 5.02 Å². The lowest BCUT2D eigenvalue weighted by atomic mass is 10.1. The van der Waals surface area contributed by atoms with Crippen LogP contribution < -0.4 is 15.2 Å². The predicted octanol–water partition coefficient (Wildman–Crippen LogP) is 4.87. The van der Waals surface area contributed by atoms with Gasteiger partial charge in [0.15, 0.2) is 12.3 Å². The number of unbranched alkanes of at least 4 members (excludes halogenated alkanes) is 1. The second-order valence-corrected chi connectivity index (χ2v) is 10.8. The average Bonchev–Trinajstić information content (AvgIpc) is 2.94. The molecule has 9 heteroatoms. The van der Waals surface area contributed by atoms with Gasteiger partial charge in [-0.2, -0.15) is 0 Å². The molecule has 39 heavy (non-hydrogen) atoms. The van der Waals surface area contributed by atoms with Gasteiger partial charge in [0, 0.05) is 56.1 Å². The van der Waals surface area contributed by atoms with Gasteiger partial charge >= 0.3 is 5.97 Å². The van der Waals surface area contributed by atoms with Gasteiger partial charge in [-0.3, -0.25) is 14.3 Å². The number of rotatable bonds is 11. The van der Waals surface area contributed by atoms with Gasteiger partial charge in [0.05, 0.1) is 12.1 Å². The standard InChI is InChI=1S/C30H38ClN3O5/c1-22-25(31)8-7-9-26(22)33-17-15-32(16-18-33)14-5-6-19-38-24-12-10-23-11-13-28(35)34(27(23)20-24)21-39-29(36)30(2,3)37-4/h7-13,20H,5-6,14-19,21H2,1-4H3. The summed E-state index contributed by atoms with van der Waals surface area (Å²) >= 11 is 6.31. The number of pyridine rings is 1. The van der Waals surface area contributed by atoms with Crippen LogP contribution in [-0.4, -0.2) is 67.5 Å². The van der Waals surface area contributed by atoms with Gasteiger partial charge in [-0.15, -0.1) is 0 Å². The first-order chi connectivity index (χ1) is 18.7. The van der Waals surface area contributed by atoms with Crippen molar-refractivity contribution in [3.8, 4) is 5.75 Å². The number of piperazine rings is 1. The Morgan fingerprint density at radius 3 is 2.51 bits per heavy atom. The van der Waals surface area contributed by atoms with Crippen LogP contribution in [-0.2, 0) is 21.0 Å². The molecular weight excluding hydrogens is 518 g/mol. The van der Waals surface area contributed by atoms with Crippen LogP contribution in [0.25, 0.3) is 10.9 Å². The first-order valence-corrected chi connectivity index (χ1v) is 13.8. The Hall–Kier alpha value is -3.07. The summed E-state index contributed by atoms with van der Waals surface area (Å²) in [6.45, 7) is 10.8.